The number of rotatable bonds is 10. The normalized spacial score (nSPS) is 18.2. The molecule has 33 heavy (non-hydrogen) atoms. The minimum absolute atomic E-state index is 0.620. The summed E-state index contributed by atoms with van der Waals surface area (Å²) in [6.07, 6.45) is 16.4. The summed E-state index contributed by atoms with van der Waals surface area (Å²) in [4.78, 5) is 2.54. The molecule has 1 saturated heterocycles. The van der Waals surface area contributed by atoms with Crippen LogP contribution in [0.5, 0.6) is 5.75 Å². The Kier molecular flexibility index (Phi) is 8.10. The van der Waals surface area contributed by atoms with Crippen molar-refractivity contribution in [2.45, 2.75) is 51.9 Å². The second-order valence-corrected chi connectivity index (χ2v) is 9.71. The predicted octanol–water partition coefficient (Wildman–Crippen LogP) is 7.95. The molecule has 1 saturated carbocycles. The highest BCUT2D eigenvalue weighted by Crippen LogP contribution is 2.44. The minimum Gasteiger partial charge on any atom is -0.493 e. The molecule has 2 aliphatic rings. The van der Waals surface area contributed by atoms with Crippen LogP contribution in [-0.4, -0.2) is 19.7 Å². The van der Waals surface area contributed by atoms with Crippen molar-refractivity contribution >= 4 is 11.8 Å². The molecule has 0 spiro atoms. The number of aryl methyl sites for hydroxylation is 1. The van der Waals surface area contributed by atoms with Gasteiger partial charge in [-0.2, -0.15) is 0 Å². The molecule has 4 rings (SSSR count). The third-order valence-corrected chi connectivity index (χ3v) is 7.18. The Morgan fingerprint density at radius 2 is 1.85 bits per heavy atom. The van der Waals surface area contributed by atoms with E-state index in [1.165, 1.54) is 54.5 Å². The monoisotopic (exact) mass is 441 g/mol. The highest BCUT2D eigenvalue weighted by atomic mass is 16.5. The molecule has 0 amide bonds. The fourth-order valence-corrected chi connectivity index (χ4v) is 5.10. The van der Waals surface area contributed by atoms with Crippen LogP contribution in [0.25, 0.3) is 6.08 Å². The van der Waals surface area contributed by atoms with Gasteiger partial charge in [-0.3, -0.25) is 0 Å². The smallest absolute Gasteiger partial charge is 0.119 e. The van der Waals surface area contributed by atoms with E-state index in [-0.39, 0.29) is 0 Å². The summed E-state index contributed by atoms with van der Waals surface area (Å²) in [6, 6.07) is 15.6. The van der Waals surface area contributed by atoms with Crippen molar-refractivity contribution in [2.75, 3.05) is 24.6 Å². The lowest BCUT2D eigenvalue weighted by atomic mass is 9.92. The highest BCUT2D eigenvalue weighted by molar-refractivity contribution is 5.69. The summed E-state index contributed by atoms with van der Waals surface area (Å²) in [5.41, 5.74) is 5.40. The van der Waals surface area contributed by atoms with E-state index >= 15 is 0 Å². The van der Waals surface area contributed by atoms with Crippen LogP contribution in [0.4, 0.5) is 5.69 Å². The van der Waals surface area contributed by atoms with E-state index in [4.69, 9.17) is 4.74 Å². The van der Waals surface area contributed by atoms with Gasteiger partial charge in [0.15, 0.2) is 0 Å². The van der Waals surface area contributed by atoms with E-state index in [0.29, 0.717) is 11.8 Å². The first-order chi connectivity index (χ1) is 16.2. The zero-order valence-corrected chi connectivity index (χ0v) is 20.4. The van der Waals surface area contributed by atoms with Gasteiger partial charge in [0.05, 0.1) is 6.61 Å². The minimum atomic E-state index is 0.620. The maximum Gasteiger partial charge on any atom is 0.119 e. The molecule has 1 atom stereocenters. The van der Waals surface area contributed by atoms with Crippen molar-refractivity contribution in [3.8, 4) is 5.75 Å². The van der Waals surface area contributed by atoms with Crippen LogP contribution >= 0.6 is 0 Å². The number of hydrogen-bond acceptors (Lipinski definition) is 2. The molecule has 0 aromatic heterocycles. The molecule has 1 heterocycles. The molecular weight excluding hydrogens is 402 g/mol. The summed E-state index contributed by atoms with van der Waals surface area (Å²) in [5, 5.41) is 0. The molecule has 2 fully saturated rings. The van der Waals surface area contributed by atoms with E-state index in [1.807, 2.05) is 12.2 Å². The molecular formula is C31H39NO. The maximum absolute atomic E-state index is 6.30. The number of hydrogen-bond donors (Lipinski definition) is 0. The number of piperidine rings is 1. The molecule has 0 bridgehead atoms. The molecule has 0 N–H and O–H groups in total. The Hall–Kier alpha value is -2.74. The Morgan fingerprint density at radius 1 is 1.03 bits per heavy atom. The van der Waals surface area contributed by atoms with Gasteiger partial charge in [-0.25, -0.2) is 0 Å². The Bertz CT molecular complexity index is 976. The van der Waals surface area contributed by atoms with Crippen LogP contribution in [0, 0.1) is 18.8 Å². The molecule has 1 unspecified atom stereocenters. The second-order valence-electron chi connectivity index (χ2n) is 9.71. The third kappa shape index (κ3) is 6.41. The lowest BCUT2D eigenvalue weighted by Crippen LogP contribution is -2.36. The topological polar surface area (TPSA) is 12.5 Å². The SMILES string of the molecule is C=C/C=C\C=C\c1ccc(C)cc1N1CCC(COc2cccc(C(CC)C3CC3)c2)CC1. The van der Waals surface area contributed by atoms with Crippen molar-refractivity contribution in [1.29, 1.82) is 0 Å². The van der Waals surface area contributed by atoms with Crippen LogP contribution in [0.15, 0.2) is 73.3 Å². The molecule has 1 aliphatic heterocycles. The Labute approximate surface area is 200 Å². The summed E-state index contributed by atoms with van der Waals surface area (Å²) >= 11 is 0. The highest BCUT2D eigenvalue weighted by Gasteiger charge is 2.31. The maximum atomic E-state index is 6.30. The average Bonchev–Trinajstić information content (AvgIpc) is 3.68. The van der Waals surface area contributed by atoms with Crippen LogP contribution in [0.2, 0.25) is 0 Å². The average molecular weight is 442 g/mol. The zero-order valence-electron chi connectivity index (χ0n) is 20.4. The van der Waals surface area contributed by atoms with Gasteiger partial charge in [0.25, 0.3) is 0 Å². The fourth-order valence-electron chi connectivity index (χ4n) is 5.10. The number of allylic oxidation sites excluding steroid dienone is 4. The van der Waals surface area contributed by atoms with E-state index in [2.05, 4.69) is 79.9 Å². The first-order valence-electron chi connectivity index (χ1n) is 12.7. The van der Waals surface area contributed by atoms with Gasteiger partial charge in [-0.1, -0.05) is 68.1 Å². The summed E-state index contributed by atoms with van der Waals surface area (Å²) in [7, 11) is 0. The van der Waals surface area contributed by atoms with Gasteiger partial charge < -0.3 is 9.64 Å². The van der Waals surface area contributed by atoms with Gasteiger partial charge in [0, 0.05) is 18.8 Å². The first-order valence-corrected chi connectivity index (χ1v) is 12.7. The molecule has 2 nitrogen and oxygen atoms in total. The molecule has 0 radical (unpaired) electrons. The number of nitrogens with zero attached hydrogens (tertiary/aromatic N) is 1. The van der Waals surface area contributed by atoms with Crippen LogP contribution in [0.1, 0.15) is 61.6 Å². The molecule has 2 heteroatoms. The fraction of sp³-hybridized carbons (Fsp3) is 0.419. The summed E-state index contributed by atoms with van der Waals surface area (Å²) in [5.74, 6) is 3.28. The van der Waals surface area contributed by atoms with Crippen molar-refractivity contribution < 1.29 is 4.74 Å². The largest absolute Gasteiger partial charge is 0.493 e. The van der Waals surface area contributed by atoms with Crippen molar-refractivity contribution in [1.82, 2.24) is 0 Å². The standard InChI is InChI=1S/C31H39NO/c1-4-6-7-8-10-27-14-13-24(3)21-31(27)32-19-17-25(18-20-32)23-33-29-12-9-11-28(22-29)30(5-2)26-15-16-26/h4,6-14,21-22,25-26,30H,1,5,15-20,23H2,2-3H3/b7-6-,10-8+. The van der Waals surface area contributed by atoms with Gasteiger partial charge >= 0.3 is 0 Å². The molecule has 2 aromatic rings. The van der Waals surface area contributed by atoms with Crippen LogP contribution in [-0.2, 0) is 0 Å². The first kappa shape index (κ1) is 23.4. The Balaban J connectivity index is 1.33. The van der Waals surface area contributed by atoms with Gasteiger partial charge in [-0.15, -0.1) is 0 Å². The lowest BCUT2D eigenvalue weighted by Gasteiger charge is -2.34. The second kappa shape index (κ2) is 11.4. The summed E-state index contributed by atoms with van der Waals surface area (Å²) in [6.45, 7) is 11.2. The number of ether oxygens (including phenoxy) is 1. The zero-order chi connectivity index (χ0) is 23.0. The predicted molar refractivity (Wildman–Crippen MR) is 142 cm³/mol. The molecule has 174 valence electrons. The van der Waals surface area contributed by atoms with Crippen molar-refractivity contribution in [3.05, 3.63) is 90.0 Å². The number of benzene rings is 2. The summed E-state index contributed by atoms with van der Waals surface area (Å²) < 4.78 is 6.30. The van der Waals surface area contributed by atoms with Crippen molar-refractivity contribution in [2.24, 2.45) is 11.8 Å². The Morgan fingerprint density at radius 3 is 2.58 bits per heavy atom. The van der Waals surface area contributed by atoms with E-state index in [1.54, 1.807) is 6.08 Å². The van der Waals surface area contributed by atoms with E-state index in [9.17, 15) is 0 Å². The van der Waals surface area contributed by atoms with Crippen molar-refractivity contribution in [3.63, 3.8) is 0 Å². The third-order valence-electron chi connectivity index (χ3n) is 7.18. The van der Waals surface area contributed by atoms with Gasteiger partial charge in [0.2, 0.25) is 0 Å². The van der Waals surface area contributed by atoms with E-state index < -0.39 is 0 Å². The molecule has 1 aliphatic carbocycles. The molecule has 2 aromatic carbocycles. The van der Waals surface area contributed by atoms with Crippen LogP contribution < -0.4 is 9.64 Å². The van der Waals surface area contributed by atoms with Crippen LogP contribution in [0.3, 0.4) is 0 Å². The quantitative estimate of drug-likeness (QED) is 0.347. The number of anilines is 1. The van der Waals surface area contributed by atoms with Gasteiger partial charge in [-0.05, 0) is 91.7 Å². The van der Waals surface area contributed by atoms with Gasteiger partial charge in [0.1, 0.15) is 5.75 Å². The van der Waals surface area contributed by atoms with E-state index in [0.717, 1.165) is 31.4 Å². The lowest BCUT2D eigenvalue weighted by molar-refractivity contribution is 0.222.